The van der Waals surface area contributed by atoms with Crippen molar-refractivity contribution in [2.45, 2.75) is 31.4 Å². The summed E-state index contributed by atoms with van der Waals surface area (Å²) in [6, 6.07) is 24.1. The molecule has 1 N–H and O–H groups in total. The van der Waals surface area contributed by atoms with E-state index in [1.165, 1.54) is 12.1 Å². The van der Waals surface area contributed by atoms with Crippen LogP contribution in [0.25, 0.3) is 0 Å². The van der Waals surface area contributed by atoms with Crippen LogP contribution in [0, 0.1) is 0 Å². The largest absolute Gasteiger partial charge is 0.491 e. The van der Waals surface area contributed by atoms with Crippen molar-refractivity contribution in [3.63, 3.8) is 0 Å². The molecule has 0 saturated heterocycles. The van der Waals surface area contributed by atoms with Gasteiger partial charge in [-0.1, -0.05) is 48.5 Å². The van der Waals surface area contributed by atoms with Gasteiger partial charge in [-0.15, -0.1) is 0 Å². The van der Waals surface area contributed by atoms with Crippen molar-refractivity contribution in [1.29, 1.82) is 0 Å². The molecule has 0 radical (unpaired) electrons. The number of carbonyl (C=O) groups excluding carboxylic acids is 1. The number of amides is 1. The highest BCUT2D eigenvalue weighted by Gasteiger charge is 2.26. The molecule has 0 aliphatic rings. The van der Waals surface area contributed by atoms with Crippen LogP contribution in [0.4, 0.5) is 5.69 Å². The molecule has 7 heteroatoms. The highest BCUT2D eigenvalue weighted by atomic mass is 32.2. The summed E-state index contributed by atoms with van der Waals surface area (Å²) < 4.78 is 33.2. The van der Waals surface area contributed by atoms with Crippen LogP contribution in [-0.2, 0) is 21.4 Å². The lowest BCUT2D eigenvalue weighted by Crippen LogP contribution is -2.40. The van der Waals surface area contributed by atoms with Gasteiger partial charge >= 0.3 is 0 Å². The van der Waals surface area contributed by atoms with Gasteiger partial charge < -0.3 is 10.1 Å². The first-order valence-electron chi connectivity index (χ1n) is 10.0. The van der Waals surface area contributed by atoms with Gasteiger partial charge in [0.25, 0.3) is 10.0 Å². The van der Waals surface area contributed by atoms with E-state index in [9.17, 15) is 13.2 Å². The van der Waals surface area contributed by atoms with Crippen LogP contribution < -0.4 is 14.4 Å². The standard InChI is InChI=1S/C24H26N2O4S/c1-19(2)30-22-13-9-10-20(16-22)17-25-24(27)18-26(21-11-5-3-6-12-21)31(28,29)23-14-7-4-8-15-23/h3-16,19H,17-18H2,1-2H3,(H,25,27). The second-order valence-electron chi connectivity index (χ2n) is 7.25. The lowest BCUT2D eigenvalue weighted by molar-refractivity contribution is -0.119. The Morgan fingerprint density at radius 3 is 2.23 bits per heavy atom. The summed E-state index contributed by atoms with van der Waals surface area (Å²) in [6.45, 7) is 3.82. The van der Waals surface area contributed by atoms with Gasteiger partial charge in [0.2, 0.25) is 5.91 Å². The number of carbonyl (C=O) groups is 1. The average Bonchev–Trinajstić information content (AvgIpc) is 2.77. The number of hydrogen-bond acceptors (Lipinski definition) is 4. The number of sulfonamides is 1. The molecule has 0 atom stereocenters. The summed E-state index contributed by atoms with van der Waals surface area (Å²) in [5.41, 5.74) is 1.29. The van der Waals surface area contributed by atoms with E-state index < -0.39 is 15.9 Å². The van der Waals surface area contributed by atoms with E-state index in [0.29, 0.717) is 5.69 Å². The third-order valence-electron chi connectivity index (χ3n) is 4.42. The first-order valence-corrected chi connectivity index (χ1v) is 11.5. The molecule has 0 aromatic heterocycles. The maximum atomic E-state index is 13.2. The lowest BCUT2D eigenvalue weighted by atomic mass is 10.2. The van der Waals surface area contributed by atoms with Crippen LogP contribution in [0.3, 0.4) is 0 Å². The molecule has 3 aromatic carbocycles. The van der Waals surface area contributed by atoms with Gasteiger partial charge in [0.15, 0.2) is 0 Å². The van der Waals surface area contributed by atoms with Crippen LogP contribution in [0.1, 0.15) is 19.4 Å². The molecule has 0 aliphatic heterocycles. The third kappa shape index (κ3) is 6.08. The van der Waals surface area contributed by atoms with E-state index >= 15 is 0 Å². The van der Waals surface area contributed by atoms with Crippen LogP contribution in [0.5, 0.6) is 5.75 Å². The Hall–Kier alpha value is -3.32. The average molecular weight is 439 g/mol. The molecule has 0 saturated carbocycles. The maximum Gasteiger partial charge on any atom is 0.264 e. The van der Waals surface area contributed by atoms with Gasteiger partial charge in [-0.25, -0.2) is 8.42 Å². The molecule has 162 valence electrons. The molecular formula is C24H26N2O4S. The second kappa shape index (κ2) is 10.1. The number of ether oxygens (including phenoxy) is 1. The first-order chi connectivity index (χ1) is 14.9. The zero-order valence-corrected chi connectivity index (χ0v) is 18.4. The quantitative estimate of drug-likeness (QED) is 0.548. The number of anilines is 1. The fourth-order valence-electron chi connectivity index (χ4n) is 3.02. The zero-order chi connectivity index (χ0) is 22.3. The minimum atomic E-state index is -3.90. The van der Waals surface area contributed by atoms with E-state index in [4.69, 9.17) is 4.74 Å². The summed E-state index contributed by atoms with van der Waals surface area (Å²) in [5.74, 6) is 0.317. The fraction of sp³-hybridized carbons (Fsp3) is 0.208. The molecule has 0 fully saturated rings. The summed E-state index contributed by atoms with van der Waals surface area (Å²) in [5, 5.41) is 2.80. The Bertz CT molecular complexity index is 1100. The predicted molar refractivity (Wildman–Crippen MR) is 121 cm³/mol. The smallest absolute Gasteiger partial charge is 0.264 e. The van der Waals surface area contributed by atoms with Crippen LogP contribution in [-0.4, -0.2) is 27.0 Å². The van der Waals surface area contributed by atoms with Crippen molar-refractivity contribution in [3.05, 3.63) is 90.5 Å². The molecule has 0 heterocycles. The summed E-state index contributed by atoms with van der Waals surface area (Å²) >= 11 is 0. The maximum absolute atomic E-state index is 13.2. The molecule has 3 aromatic rings. The van der Waals surface area contributed by atoms with Gasteiger partial charge in [-0.05, 0) is 55.8 Å². The SMILES string of the molecule is CC(C)Oc1cccc(CNC(=O)CN(c2ccccc2)S(=O)(=O)c2ccccc2)c1. The Labute approximate surface area is 183 Å². The van der Waals surface area contributed by atoms with Crippen LogP contribution in [0.15, 0.2) is 89.8 Å². The van der Waals surface area contributed by atoms with Gasteiger partial charge in [0.05, 0.1) is 16.7 Å². The Morgan fingerprint density at radius 1 is 0.935 bits per heavy atom. The Kier molecular flexibility index (Phi) is 7.31. The highest BCUT2D eigenvalue weighted by molar-refractivity contribution is 7.92. The number of benzene rings is 3. The molecule has 0 bridgehead atoms. The van der Waals surface area contributed by atoms with E-state index in [-0.39, 0.29) is 24.1 Å². The molecular weight excluding hydrogens is 412 g/mol. The molecule has 0 spiro atoms. The molecule has 1 amide bonds. The monoisotopic (exact) mass is 438 g/mol. The summed E-state index contributed by atoms with van der Waals surface area (Å²) in [6.07, 6.45) is 0.0486. The summed E-state index contributed by atoms with van der Waals surface area (Å²) in [7, 11) is -3.90. The van der Waals surface area contributed by atoms with Gasteiger partial charge in [0.1, 0.15) is 12.3 Å². The van der Waals surface area contributed by atoms with Gasteiger partial charge in [-0.2, -0.15) is 0 Å². The Morgan fingerprint density at radius 2 is 1.58 bits per heavy atom. The number of nitrogens with zero attached hydrogens (tertiary/aromatic N) is 1. The van der Waals surface area contributed by atoms with Crippen molar-refractivity contribution in [1.82, 2.24) is 5.32 Å². The third-order valence-corrected chi connectivity index (χ3v) is 6.21. The van der Waals surface area contributed by atoms with Crippen molar-refractivity contribution in [2.24, 2.45) is 0 Å². The van der Waals surface area contributed by atoms with E-state index in [1.54, 1.807) is 48.5 Å². The first kappa shape index (κ1) is 22.4. The van der Waals surface area contributed by atoms with E-state index in [0.717, 1.165) is 15.6 Å². The minimum Gasteiger partial charge on any atom is -0.491 e. The molecule has 6 nitrogen and oxygen atoms in total. The molecule has 31 heavy (non-hydrogen) atoms. The number of rotatable bonds is 9. The fourth-order valence-corrected chi connectivity index (χ4v) is 4.46. The summed E-state index contributed by atoms with van der Waals surface area (Å²) in [4.78, 5) is 12.8. The van der Waals surface area contributed by atoms with Crippen molar-refractivity contribution in [2.75, 3.05) is 10.8 Å². The van der Waals surface area contributed by atoms with Crippen molar-refractivity contribution < 1.29 is 17.9 Å². The second-order valence-corrected chi connectivity index (χ2v) is 9.11. The number of para-hydroxylation sites is 1. The van der Waals surface area contributed by atoms with Crippen LogP contribution >= 0.6 is 0 Å². The van der Waals surface area contributed by atoms with Crippen molar-refractivity contribution in [3.8, 4) is 5.75 Å². The molecule has 3 rings (SSSR count). The lowest BCUT2D eigenvalue weighted by Gasteiger charge is -2.24. The van der Waals surface area contributed by atoms with E-state index in [1.807, 2.05) is 38.1 Å². The van der Waals surface area contributed by atoms with Gasteiger partial charge in [0, 0.05) is 6.54 Å². The molecule has 0 aliphatic carbocycles. The highest BCUT2D eigenvalue weighted by Crippen LogP contribution is 2.23. The van der Waals surface area contributed by atoms with E-state index in [2.05, 4.69) is 5.32 Å². The number of nitrogens with one attached hydrogen (secondary N) is 1. The minimum absolute atomic E-state index is 0.0486. The normalized spacial score (nSPS) is 11.2. The molecule has 0 unspecified atom stereocenters. The number of hydrogen-bond donors (Lipinski definition) is 1. The Balaban J connectivity index is 1.75. The van der Waals surface area contributed by atoms with Crippen LogP contribution in [0.2, 0.25) is 0 Å². The topological polar surface area (TPSA) is 75.7 Å². The zero-order valence-electron chi connectivity index (χ0n) is 17.6. The predicted octanol–water partition coefficient (Wildman–Crippen LogP) is 3.99. The van der Waals surface area contributed by atoms with Gasteiger partial charge in [-0.3, -0.25) is 9.10 Å². The van der Waals surface area contributed by atoms with Crippen molar-refractivity contribution >= 4 is 21.6 Å².